The van der Waals surface area contributed by atoms with E-state index in [0.29, 0.717) is 17.1 Å². The fourth-order valence-corrected chi connectivity index (χ4v) is 3.74. The van der Waals surface area contributed by atoms with Crippen molar-refractivity contribution < 1.29 is 4.79 Å². The van der Waals surface area contributed by atoms with Gasteiger partial charge in [-0.05, 0) is 36.2 Å². The van der Waals surface area contributed by atoms with E-state index in [1.807, 2.05) is 36.2 Å². The number of aryl methyl sites for hydroxylation is 1. The van der Waals surface area contributed by atoms with Crippen LogP contribution >= 0.6 is 11.6 Å². The fourth-order valence-electron chi connectivity index (χ4n) is 3.55. The van der Waals surface area contributed by atoms with E-state index in [9.17, 15) is 4.79 Å². The van der Waals surface area contributed by atoms with E-state index in [-0.39, 0.29) is 11.3 Å². The molecule has 0 atom stereocenters. The molecule has 1 amide bonds. The van der Waals surface area contributed by atoms with Crippen molar-refractivity contribution in [2.45, 2.75) is 32.6 Å². The normalized spacial score (nSPS) is 14.1. The van der Waals surface area contributed by atoms with Crippen LogP contribution in [0.4, 0.5) is 5.69 Å². The number of hydrogen-bond acceptors (Lipinski definition) is 3. The molecule has 134 valence electrons. The SMILES string of the molecule is Cn1nc(C(C)(C)C)c2cc(C(=O)N3CCc4cc(Cl)ccc43)cnc21. The molecule has 0 radical (unpaired) electrons. The van der Waals surface area contributed by atoms with Gasteiger partial charge in [-0.25, -0.2) is 4.98 Å². The quantitative estimate of drug-likeness (QED) is 0.649. The molecule has 3 aromatic rings. The van der Waals surface area contributed by atoms with E-state index in [1.165, 1.54) is 0 Å². The van der Waals surface area contributed by atoms with Crippen LogP contribution in [0.2, 0.25) is 5.02 Å². The van der Waals surface area contributed by atoms with Gasteiger partial charge >= 0.3 is 0 Å². The predicted molar refractivity (Wildman–Crippen MR) is 104 cm³/mol. The van der Waals surface area contributed by atoms with Gasteiger partial charge in [0.1, 0.15) is 0 Å². The maximum atomic E-state index is 13.1. The molecule has 4 rings (SSSR count). The molecule has 0 spiro atoms. The van der Waals surface area contributed by atoms with E-state index in [0.717, 1.165) is 34.4 Å². The first kappa shape index (κ1) is 17.0. The number of fused-ring (bicyclic) bond motifs is 2. The van der Waals surface area contributed by atoms with Gasteiger partial charge < -0.3 is 4.90 Å². The van der Waals surface area contributed by atoms with Crippen molar-refractivity contribution in [3.63, 3.8) is 0 Å². The standard InChI is InChI=1S/C20H21ClN4O/c1-20(2,3)17-15-10-13(11-22-18(15)24(4)23-17)19(26)25-8-7-12-9-14(21)5-6-16(12)25/h5-6,9-11H,7-8H2,1-4H3. The van der Waals surface area contributed by atoms with E-state index in [4.69, 9.17) is 11.6 Å². The summed E-state index contributed by atoms with van der Waals surface area (Å²) in [5.74, 6) is -0.0378. The maximum Gasteiger partial charge on any atom is 0.259 e. The van der Waals surface area contributed by atoms with Crippen LogP contribution in [0, 0.1) is 0 Å². The summed E-state index contributed by atoms with van der Waals surface area (Å²) < 4.78 is 1.78. The molecule has 0 bridgehead atoms. The lowest BCUT2D eigenvalue weighted by molar-refractivity contribution is 0.0989. The molecule has 3 heterocycles. The lowest BCUT2D eigenvalue weighted by atomic mass is 9.90. The van der Waals surface area contributed by atoms with Crippen LogP contribution in [0.5, 0.6) is 0 Å². The van der Waals surface area contributed by atoms with Gasteiger partial charge in [0.05, 0.1) is 11.3 Å². The van der Waals surface area contributed by atoms with Gasteiger partial charge in [0.2, 0.25) is 0 Å². The van der Waals surface area contributed by atoms with Crippen molar-refractivity contribution in [1.82, 2.24) is 14.8 Å². The third kappa shape index (κ3) is 2.67. The molecule has 0 unspecified atom stereocenters. The van der Waals surface area contributed by atoms with Crippen LogP contribution in [0.1, 0.15) is 42.4 Å². The highest BCUT2D eigenvalue weighted by atomic mass is 35.5. The lowest BCUT2D eigenvalue weighted by Gasteiger charge is -2.18. The van der Waals surface area contributed by atoms with Crippen molar-refractivity contribution in [3.8, 4) is 0 Å². The molecule has 26 heavy (non-hydrogen) atoms. The number of carbonyl (C=O) groups is 1. The molecule has 0 aliphatic carbocycles. The zero-order chi connectivity index (χ0) is 18.6. The van der Waals surface area contributed by atoms with Crippen molar-refractivity contribution in [3.05, 3.63) is 52.3 Å². The highest BCUT2D eigenvalue weighted by molar-refractivity contribution is 6.30. The summed E-state index contributed by atoms with van der Waals surface area (Å²) in [5, 5.41) is 6.25. The minimum atomic E-state index is -0.125. The summed E-state index contributed by atoms with van der Waals surface area (Å²) in [6.45, 7) is 7.00. The summed E-state index contributed by atoms with van der Waals surface area (Å²) in [6.07, 6.45) is 2.46. The van der Waals surface area contributed by atoms with Gasteiger partial charge in [-0.3, -0.25) is 9.48 Å². The van der Waals surface area contributed by atoms with Gasteiger partial charge in [0, 0.05) is 41.3 Å². The second-order valence-electron chi connectivity index (χ2n) is 7.80. The second kappa shape index (κ2) is 5.81. The average Bonchev–Trinajstić information content (AvgIpc) is 3.14. The van der Waals surface area contributed by atoms with E-state index in [1.54, 1.807) is 10.9 Å². The first-order valence-electron chi connectivity index (χ1n) is 8.69. The van der Waals surface area contributed by atoms with Crippen molar-refractivity contribution in [2.75, 3.05) is 11.4 Å². The number of pyridine rings is 1. The number of anilines is 1. The van der Waals surface area contributed by atoms with Crippen LogP contribution in [0.15, 0.2) is 30.5 Å². The third-order valence-electron chi connectivity index (χ3n) is 4.82. The Morgan fingerprint density at radius 2 is 2.00 bits per heavy atom. The zero-order valence-corrected chi connectivity index (χ0v) is 16.1. The maximum absolute atomic E-state index is 13.1. The van der Waals surface area contributed by atoms with Crippen LogP contribution in [0.3, 0.4) is 0 Å². The zero-order valence-electron chi connectivity index (χ0n) is 15.4. The van der Waals surface area contributed by atoms with Crippen LogP contribution < -0.4 is 4.90 Å². The van der Waals surface area contributed by atoms with Crippen LogP contribution in [-0.4, -0.2) is 27.2 Å². The highest BCUT2D eigenvalue weighted by Crippen LogP contribution is 2.33. The minimum Gasteiger partial charge on any atom is -0.308 e. The van der Waals surface area contributed by atoms with Gasteiger partial charge in [-0.2, -0.15) is 5.10 Å². The molecule has 0 saturated heterocycles. The summed E-state index contributed by atoms with van der Waals surface area (Å²) in [6, 6.07) is 7.60. The molecular formula is C20H21ClN4O. The van der Waals surface area contributed by atoms with Crippen molar-refractivity contribution in [2.24, 2.45) is 7.05 Å². The van der Waals surface area contributed by atoms with Crippen LogP contribution in [0.25, 0.3) is 11.0 Å². The van der Waals surface area contributed by atoms with E-state index < -0.39 is 0 Å². The summed E-state index contributed by atoms with van der Waals surface area (Å²) in [4.78, 5) is 19.4. The topological polar surface area (TPSA) is 51.0 Å². The first-order chi connectivity index (χ1) is 12.3. The van der Waals surface area contributed by atoms with Gasteiger partial charge in [-0.1, -0.05) is 32.4 Å². The number of aromatic nitrogens is 3. The molecular weight excluding hydrogens is 348 g/mol. The molecule has 1 aliphatic heterocycles. The van der Waals surface area contributed by atoms with Gasteiger partial charge in [0.15, 0.2) is 5.65 Å². The van der Waals surface area contributed by atoms with Gasteiger partial charge in [0.25, 0.3) is 5.91 Å². The van der Waals surface area contributed by atoms with Crippen molar-refractivity contribution >= 4 is 34.2 Å². The van der Waals surface area contributed by atoms with E-state index in [2.05, 4.69) is 30.9 Å². The molecule has 1 aliphatic rings. The first-order valence-corrected chi connectivity index (χ1v) is 9.07. The van der Waals surface area contributed by atoms with Gasteiger partial charge in [-0.15, -0.1) is 0 Å². The number of carbonyl (C=O) groups excluding carboxylic acids is 1. The highest BCUT2D eigenvalue weighted by Gasteiger charge is 2.28. The fraction of sp³-hybridized carbons (Fsp3) is 0.350. The Hall–Kier alpha value is -2.40. The monoisotopic (exact) mass is 368 g/mol. The smallest absolute Gasteiger partial charge is 0.259 e. The molecule has 2 aromatic heterocycles. The molecule has 1 aromatic carbocycles. The largest absolute Gasteiger partial charge is 0.308 e. The van der Waals surface area contributed by atoms with Crippen LogP contribution in [-0.2, 0) is 18.9 Å². The summed E-state index contributed by atoms with van der Waals surface area (Å²) in [7, 11) is 1.88. The number of halogens is 1. The molecule has 5 nitrogen and oxygen atoms in total. The number of benzene rings is 1. The average molecular weight is 369 g/mol. The lowest BCUT2D eigenvalue weighted by Crippen LogP contribution is -2.29. The Bertz CT molecular complexity index is 1030. The Balaban J connectivity index is 1.77. The number of amides is 1. The van der Waals surface area contributed by atoms with E-state index >= 15 is 0 Å². The Morgan fingerprint density at radius 3 is 2.73 bits per heavy atom. The third-order valence-corrected chi connectivity index (χ3v) is 5.05. The Kier molecular flexibility index (Phi) is 3.81. The number of hydrogen-bond donors (Lipinski definition) is 0. The molecule has 0 N–H and O–H groups in total. The Labute approximate surface area is 157 Å². The molecule has 6 heteroatoms. The Morgan fingerprint density at radius 1 is 1.23 bits per heavy atom. The summed E-state index contributed by atoms with van der Waals surface area (Å²) in [5.41, 5.74) is 4.24. The molecule has 0 saturated carbocycles. The molecule has 0 fully saturated rings. The van der Waals surface area contributed by atoms with Crippen molar-refractivity contribution in [1.29, 1.82) is 0 Å². The minimum absolute atomic E-state index is 0.0378. The summed E-state index contributed by atoms with van der Waals surface area (Å²) >= 11 is 6.07. The number of nitrogens with zero attached hydrogens (tertiary/aromatic N) is 4. The predicted octanol–water partition coefficient (Wildman–Crippen LogP) is 4.12. The number of rotatable bonds is 1. The second-order valence-corrected chi connectivity index (χ2v) is 8.23.